The van der Waals surface area contributed by atoms with Crippen LogP contribution in [0.2, 0.25) is 0 Å². The summed E-state index contributed by atoms with van der Waals surface area (Å²) in [5.41, 5.74) is 0. The number of hydrogen-bond acceptors (Lipinski definition) is 4. The zero-order chi connectivity index (χ0) is 11.1. The summed E-state index contributed by atoms with van der Waals surface area (Å²) >= 11 is 0. The van der Waals surface area contributed by atoms with Gasteiger partial charge in [-0.1, -0.05) is 0 Å². The normalized spacial score (nSPS) is 16.3. The molecule has 0 aromatic heterocycles. The molecule has 0 heterocycles. The quantitative estimate of drug-likeness (QED) is 0.615. The van der Waals surface area contributed by atoms with Gasteiger partial charge in [0.15, 0.2) is 0 Å². The highest BCUT2D eigenvalue weighted by Gasteiger charge is 2.13. The van der Waals surface area contributed by atoms with E-state index in [0.717, 1.165) is 13.0 Å². The first-order chi connectivity index (χ1) is 6.49. The Kier molecular flexibility index (Phi) is 7.09. The SMILES string of the molecule is CC(OC(C)N(C)CCCO)N(C)C. The van der Waals surface area contributed by atoms with Crippen molar-refractivity contribution in [2.45, 2.75) is 32.7 Å². The molecule has 0 aromatic carbocycles. The Balaban J connectivity index is 3.76. The molecule has 0 radical (unpaired) electrons. The first-order valence-electron chi connectivity index (χ1n) is 5.12. The molecule has 0 aliphatic heterocycles. The monoisotopic (exact) mass is 204 g/mol. The Morgan fingerprint density at radius 3 is 2.14 bits per heavy atom. The average molecular weight is 204 g/mol. The highest BCUT2D eigenvalue weighted by Crippen LogP contribution is 2.04. The molecule has 0 aliphatic rings. The van der Waals surface area contributed by atoms with Crippen LogP contribution in [0.3, 0.4) is 0 Å². The molecule has 0 saturated heterocycles. The number of rotatable bonds is 7. The van der Waals surface area contributed by atoms with Crippen molar-refractivity contribution in [3.05, 3.63) is 0 Å². The van der Waals surface area contributed by atoms with Crippen molar-refractivity contribution in [3.63, 3.8) is 0 Å². The van der Waals surface area contributed by atoms with E-state index >= 15 is 0 Å². The van der Waals surface area contributed by atoms with Crippen LogP contribution in [0.25, 0.3) is 0 Å². The molecule has 14 heavy (non-hydrogen) atoms. The molecule has 86 valence electrons. The van der Waals surface area contributed by atoms with Gasteiger partial charge < -0.3 is 9.84 Å². The molecular formula is C10H24N2O2. The highest BCUT2D eigenvalue weighted by molar-refractivity contribution is 4.55. The summed E-state index contributed by atoms with van der Waals surface area (Å²) in [5, 5.41) is 8.69. The third-order valence-electron chi connectivity index (χ3n) is 2.41. The zero-order valence-electron chi connectivity index (χ0n) is 10.0. The molecule has 0 bridgehead atoms. The summed E-state index contributed by atoms with van der Waals surface area (Å²) in [4.78, 5) is 4.12. The molecule has 0 fully saturated rings. The molecule has 2 atom stereocenters. The van der Waals surface area contributed by atoms with E-state index in [1.54, 1.807) is 0 Å². The van der Waals surface area contributed by atoms with Crippen molar-refractivity contribution in [2.75, 3.05) is 34.3 Å². The van der Waals surface area contributed by atoms with Gasteiger partial charge in [-0.3, -0.25) is 9.80 Å². The Morgan fingerprint density at radius 2 is 1.71 bits per heavy atom. The predicted octanol–water partition coefficient (Wildman–Crippen LogP) is 0.571. The van der Waals surface area contributed by atoms with E-state index in [0.29, 0.717) is 0 Å². The summed E-state index contributed by atoms with van der Waals surface area (Å²) in [6.45, 7) is 5.14. The lowest BCUT2D eigenvalue weighted by Gasteiger charge is -2.30. The van der Waals surface area contributed by atoms with Crippen LogP contribution in [0.5, 0.6) is 0 Å². The third kappa shape index (κ3) is 5.54. The smallest absolute Gasteiger partial charge is 0.109 e. The lowest BCUT2D eigenvalue weighted by Crippen LogP contribution is -2.39. The Morgan fingerprint density at radius 1 is 1.14 bits per heavy atom. The topological polar surface area (TPSA) is 35.9 Å². The first kappa shape index (κ1) is 13.8. The lowest BCUT2D eigenvalue weighted by atomic mass is 10.4. The van der Waals surface area contributed by atoms with Crippen molar-refractivity contribution in [3.8, 4) is 0 Å². The number of aliphatic hydroxyl groups is 1. The van der Waals surface area contributed by atoms with E-state index in [4.69, 9.17) is 9.84 Å². The summed E-state index contributed by atoms with van der Waals surface area (Å²) in [7, 11) is 5.99. The molecule has 0 amide bonds. The second-order valence-corrected chi connectivity index (χ2v) is 3.86. The molecule has 0 saturated carbocycles. The van der Waals surface area contributed by atoms with Crippen LogP contribution in [0.1, 0.15) is 20.3 Å². The number of nitrogens with zero attached hydrogens (tertiary/aromatic N) is 2. The fourth-order valence-corrected chi connectivity index (χ4v) is 1.01. The van der Waals surface area contributed by atoms with Crippen LogP contribution in [-0.4, -0.2) is 61.7 Å². The molecule has 0 rings (SSSR count). The molecule has 2 unspecified atom stereocenters. The fraction of sp³-hybridized carbons (Fsp3) is 1.00. The molecule has 1 N–H and O–H groups in total. The average Bonchev–Trinajstić information content (AvgIpc) is 2.13. The van der Waals surface area contributed by atoms with Crippen LogP contribution < -0.4 is 0 Å². The van der Waals surface area contributed by atoms with Crippen molar-refractivity contribution in [2.24, 2.45) is 0 Å². The Bertz CT molecular complexity index is 142. The van der Waals surface area contributed by atoms with Crippen LogP contribution in [0.15, 0.2) is 0 Å². The molecule has 4 nitrogen and oxygen atoms in total. The van der Waals surface area contributed by atoms with Gasteiger partial charge in [-0.25, -0.2) is 0 Å². The van der Waals surface area contributed by atoms with Gasteiger partial charge in [0, 0.05) is 13.2 Å². The van der Waals surface area contributed by atoms with Gasteiger partial charge in [0.1, 0.15) is 12.5 Å². The summed E-state index contributed by atoms with van der Waals surface area (Å²) in [6, 6.07) is 0. The summed E-state index contributed by atoms with van der Waals surface area (Å²) < 4.78 is 5.74. The minimum Gasteiger partial charge on any atom is -0.396 e. The van der Waals surface area contributed by atoms with Gasteiger partial charge >= 0.3 is 0 Å². The zero-order valence-corrected chi connectivity index (χ0v) is 10.0. The Labute approximate surface area is 87.5 Å². The van der Waals surface area contributed by atoms with E-state index < -0.39 is 0 Å². The lowest BCUT2D eigenvalue weighted by molar-refractivity contribution is -0.120. The van der Waals surface area contributed by atoms with E-state index in [9.17, 15) is 0 Å². The molecule has 0 spiro atoms. The van der Waals surface area contributed by atoms with Crippen LogP contribution in [0.4, 0.5) is 0 Å². The summed E-state index contributed by atoms with van der Waals surface area (Å²) in [6.07, 6.45) is 0.987. The van der Waals surface area contributed by atoms with E-state index in [1.165, 1.54) is 0 Å². The largest absolute Gasteiger partial charge is 0.396 e. The van der Waals surface area contributed by atoms with Gasteiger partial charge in [-0.15, -0.1) is 0 Å². The van der Waals surface area contributed by atoms with Gasteiger partial charge in [-0.2, -0.15) is 0 Å². The van der Waals surface area contributed by atoms with Crippen LogP contribution in [0, 0.1) is 0 Å². The second kappa shape index (κ2) is 7.17. The van der Waals surface area contributed by atoms with Crippen molar-refractivity contribution >= 4 is 0 Å². The van der Waals surface area contributed by atoms with Gasteiger partial charge in [0.05, 0.1) is 0 Å². The number of aliphatic hydroxyl groups excluding tert-OH is 1. The van der Waals surface area contributed by atoms with E-state index in [2.05, 4.69) is 4.90 Å². The van der Waals surface area contributed by atoms with Crippen molar-refractivity contribution in [1.82, 2.24) is 9.80 Å². The molecule has 0 aromatic rings. The maximum Gasteiger partial charge on any atom is 0.109 e. The van der Waals surface area contributed by atoms with Crippen LogP contribution in [-0.2, 0) is 4.74 Å². The second-order valence-electron chi connectivity index (χ2n) is 3.86. The first-order valence-corrected chi connectivity index (χ1v) is 5.12. The van der Waals surface area contributed by atoms with Crippen molar-refractivity contribution < 1.29 is 9.84 Å². The maximum atomic E-state index is 8.69. The van der Waals surface area contributed by atoms with Crippen LogP contribution >= 0.6 is 0 Å². The number of hydrogen-bond donors (Lipinski definition) is 1. The van der Waals surface area contributed by atoms with Gasteiger partial charge in [0.25, 0.3) is 0 Å². The predicted molar refractivity (Wildman–Crippen MR) is 58.0 cm³/mol. The standard InChI is InChI=1S/C10H24N2O2/c1-9(11(3)4)14-10(2)12(5)7-6-8-13/h9-10,13H,6-8H2,1-5H3. The van der Waals surface area contributed by atoms with Gasteiger partial charge in [0.2, 0.25) is 0 Å². The maximum absolute atomic E-state index is 8.69. The van der Waals surface area contributed by atoms with Gasteiger partial charge in [-0.05, 0) is 41.4 Å². The summed E-state index contributed by atoms with van der Waals surface area (Å²) in [5.74, 6) is 0. The number of ether oxygens (including phenoxy) is 1. The highest BCUT2D eigenvalue weighted by atomic mass is 16.5. The van der Waals surface area contributed by atoms with E-state index in [1.807, 2.05) is 39.9 Å². The molecule has 0 aliphatic carbocycles. The molecule has 4 heteroatoms. The van der Waals surface area contributed by atoms with Crippen molar-refractivity contribution in [1.29, 1.82) is 0 Å². The minimum atomic E-state index is 0.0824. The minimum absolute atomic E-state index is 0.0824. The Hall–Kier alpha value is -0.160. The third-order valence-corrected chi connectivity index (χ3v) is 2.41. The van der Waals surface area contributed by atoms with E-state index in [-0.39, 0.29) is 19.1 Å². The molecular weight excluding hydrogens is 180 g/mol. The fourth-order valence-electron chi connectivity index (χ4n) is 1.01.